The van der Waals surface area contributed by atoms with Crippen LogP contribution in [0.3, 0.4) is 0 Å². The van der Waals surface area contributed by atoms with Gasteiger partial charge in [-0.2, -0.15) is 0 Å². The third-order valence-electron chi connectivity index (χ3n) is 4.92. The molecule has 0 saturated carbocycles. The van der Waals surface area contributed by atoms with Gasteiger partial charge in [-0.05, 0) is 58.6 Å². The van der Waals surface area contributed by atoms with Gasteiger partial charge in [-0.1, -0.05) is 49.7 Å². The smallest absolute Gasteiger partial charge is 0.244 e. The van der Waals surface area contributed by atoms with Crippen LogP contribution in [0.2, 0.25) is 5.02 Å². The Kier molecular flexibility index (Phi) is 9.75. The molecule has 2 rings (SSSR count). The van der Waals surface area contributed by atoms with Crippen molar-refractivity contribution in [1.29, 1.82) is 0 Å². The Morgan fingerprint density at radius 3 is 2.21 bits per heavy atom. The molecule has 10 heteroatoms. The Bertz CT molecular complexity index is 1080. The van der Waals surface area contributed by atoms with Crippen LogP contribution >= 0.6 is 27.5 Å². The molecular weight excluding hydrogens is 530 g/mol. The summed E-state index contributed by atoms with van der Waals surface area (Å²) in [6, 6.07) is 12.9. The number of benzene rings is 2. The fourth-order valence-electron chi connectivity index (χ4n) is 3.07. The minimum atomic E-state index is -3.78. The first kappa shape index (κ1) is 27.1. The monoisotopic (exact) mass is 557 g/mol. The third-order valence-corrected chi connectivity index (χ3v) is 6.97. The molecule has 0 aliphatic carbocycles. The largest absolute Gasteiger partial charge is 0.354 e. The Hall–Kier alpha value is -2.10. The average Bonchev–Trinajstić information content (AvgIpc) is 2.74. The summed E-state index contributed by atoms with van der Waals surface area (Å²) in [6.07, 6.45) is 1.04. The summed E-state index contributed by atoms with van der Waals surface area (Å²) in [5, 5.41) is 3.40. The van der Waals surface area contributed by atoms with Crippen LogP contribution in [0.5, 0.6) is 0 Å². The quantitative estimate of drug-likeness (QED) is 0.477. The highest BCUT2D eigenvalue weighted by Gasteiger charge is 2.30. The number of nitrogens with one attached hydrogen (secondary N) is 1. The number of carbonyl (C=O) groups is 2. The predicted molar refractivity (Wildman–Crippen MR) is 136 cm³/mol. The summed E-state index contributed by atoms with van der Waals surface area (Å²) in [4.78, 5) is 27.6. The number of amides is 2. The van der Waals surface area contributed by atoms with Gasteiger partial charge in [-0.15, -0.1) is 0 Å². The third kappa shape index (κ3) is 8.01. The molecule has 0 bridgehead atoms. The molecule has 1 atom stereocenters. The van der Waals surface area contributed by atoms with Gasteiger partial charge in [-0.25, -0.2) is 8.42 Å². The second kappa shape index (κ2) is 11.9. The minimum absolute atomic E-state index is 0.125. The van der Waals surface area contributed by atoms with Crippen molar-refractivity contribution >= 4 is 55.1 Å². The van der Waals surface area contributed by atoms with Gasteiger partial charge in [0.2, 0.25) is 21.8 Å². The van der Waals surface area contributed by atoms with Crippen LogP contribution in [-0.2, 0) is 26.2 Å². The number of nitrogens with zero attached hydrogens (tertiary/aromatic N) is 2. The molecule has 0 radical (unpaired) electrons. The van der Waals surface area contributed by atoms with Crippen molar-refractivity contribution in [1.82, 2.24) is 10.2 Å². The summed E-state index contributed by atoms with van der Waals surface area (Å²) in [5.41, 5.74) is 1.11. The lowest BCUT2D eigenvalue weighted by molar-refractivity contribution is -0.139. The van der Waals surface area contributed by atoms with Gasteiger partial charge < -0.3 is 10.2 Å². The number of sulfonamides is 1. The SMILES string of the molecule is CC(C)CNC(=O)C(C)N(Cc1ccc(Cl)cc1)C(=O)CN(c1ccccc1Br)S(C)(=O)=O. The van der Waals surface area contributed by atoms with E-state index >= 15 is 0 Å². The predicted octanol–water partition coefficient (Wildman–Crippen LogP) is 4.06. The molecule has 1 N–H and O–H groups in total. The Labute approximate surface area is 209 Å². The number of hydrogen-bond donors (Lipinski definition) is 1. The van der Waals surface area contributed by atoms with Gasteiger partial charge in [0.15, 0.2) is 0 Å². The van der Waals surface area contributed by atoms with Crippen molar-refractivity contribution in [2.24, 2.45) is 5.92 Å². The number of anilines is 1. The molecule has 0 aliphatic heterocycles. The molecule has 0 spiro atoms. The highest BCUT2D eigenvalue weighted by Crippen LogP contribution is 2.28. The summed E-state index contributed by atoms with van der Waals surface area (Å²) in [5.74, 6) is -0.561. The maximum atomic E-state index is 13.4. The first-order valence-corrected chi connectivity index (χ1v) is 13.5. The zero-order valence-electron chi connectivity index (χ0n) is 19.1. The maximum Gasteiger partial charge on any atom is 0.244 e. The maximum absolute atomic E-state index is 13.4. The second-order valence-corrected chi connectivity index (χ2v) is 11.4. The second-order valence-electron chi connectivity index (χ2n) is 8.18. The molecule has 7 nitrogen and oxygen atoms in total. The Morgan fingerprint density at radius 1 is 1.06 bits per heavy atom. The lowest BCUT2D eigenvalue weighted by atomic mass is 10.1. The van der Waals surface area contributed by atoms with Crippen LogP contribution in [0.15, 0.2) is 53.0 Å². The molecule has 1 unspecified atom stereocenters. The van der Waals surface area contributed by atoms with Crippen LogP contribution in [0.1, 0.15) is 26.3 Å². The summed E-state index contributed by atoms with van der Waals surface area (Å²) < 4.78 is 26.7. The molecule has 33 heavy (non-hydrogen) atoms. The number of halogens is 2. The fourth-order valence-corrected chi connectivity index (χ4v) is 4.67. The molecule has 0 fully saturated rings. The summed E-state index contributed by atoms with van der Waals surface area (Å²) in [7, 11) is -3.78. The average molecular weight is 559 g/mol. The van der Waals surface area contributed by atoms with Crippen molar-refractivity contribution in [2.75, 3.05) is 23.7 Å². The lowest BCUT2D eigenvalue weighted by Crippen LogP contribution is -2.51. The number of para-hydroxylation sites is 1. The molecule has 2 aromatic carbocycles. The summed E-state index contributed by atoms with van der Waals surface area (Å²) >= 11 is 9.33. The molecule has 180 valence electrons. The van der Waals surface area contributed by atoms with Crippen molar-refractivity contribution in [3.8, 4) is 0 Å². The first-order valence-electron chi connectivity index (χ1n) is 10.4. The molecule has 0 heterocycles. The minimum Gasteiger partial charge on any atom is -0.354 e. The topological polar surface area (TPSA) is 86.8 Å². The van der Waals surface area contributed by atoms with E-state index in [1.165, 1.54) is 4.90 Å². The molecule has 2 aromatic rings. The van der Waals surface area contributed by atoms with E-state index in [0.29, 0.717) is 21.7 Å². The lowest BCUT2D eigenvalue weighted by Gasteiger charge is -2.32. The van der Waals surface area contributed by atoms with E-state index in [2.05, 4.69) is 21.2 Å². The van der Waals surface area contributed by atoms with Crippen molar-refractivity contribution < 1.29 is 18.0 Å². The normalized spacial score (nSPS) is 12.3. The van der Waals surface area contributed by atoms with E-state index in [1.807, 2.05) is 13.8 Å². The van der Waals surface area contributed by atoms with Crippen LogP contribution in [0.25, 0.3) is 0 Å². The van der Waals surface area contributed by atoms with E-state index in [1.54, 1.807) is 55.5 Å². The highest BCUT2D eigenvalue weighted by molar-refractivity contribution is 9.10. The number of hydrogen-bond acceptors (Lipinski definition) is 4. The van der Waals surface area contributed by atoms with Gasteiger partial charge >= 0.3 is 0 Å². The summed E-state index contributed by atoms with van der Waals surface area (Å²) in [6.45, 7) is 5.73. The van der Waals surface area contributed by atoms with Gasteiger partial charge in [-0.3, -0.25) is 13.9 Å². The molecule has 0 saturated heterocycles. The van der Waals surface area contributed by atoms with Gasteiger partial charge in [0.05, 0.1) is 11.9 Å². The van der Waals surface area contributed by atoms with Gasteiger partial charge in [0, 0.05) is 22.6 Å². The Balaban J connectivity index is 2.36. The van der Waals surface area contributed by atoms with E-state index in [9.17, 15) is 18.0 Å². The van der Waals surface area contributed by atoms with Crippen LogP contribution in [0.4, 0.5) is 5.69 Å². The van der Waals surface area contributed by atoms with Crippen molar-refractivity contribution in [3.63, 3.8) is 0 Å². The fraction of sp³-hybridized carbons (Fsp3) is 0.391. The zero-order chi connectivity index (χ0) is 24.8. The first-order chi connectivity index (χ1) is 15.4. The molecule has 0 aliphatic rings. The Morgan fingerprint density at radius 2 is 1.67 bits per heavy atom. The standard InChI is InChI=1S/C23H29BrClN3O4S/c1-16(2)13-26-23(30)17(3)27(14-18-9-11-19(25)12-10-18)22(29)15-28(33(4,31)32)21-8-6-5-7-20(21)24/h5-12,16-17H,13-15H2,1-4H3,(H,26,30). The molecule has 2 amide bonds. The van der Waals surface area contributed by atoms with Crippen molar-refractivity contribution in [3.05, 3.63) is 63.6 Å². The van der Waals surface area contributed by atoms with Crippen LogP contribution in [0, 0.1) is 5.92 Å². The zero-order valence-corrected chi connectivity index (χ0v) is 22.2. The van der Waals surface area contributed by atoms with Crippen LogP contribution < -0.4 is 9.62 Å². The van der Waals surface area contributed by atoms with E-state index in [-0.39, 0.29) is 18.4 Å². The van der Waals surface area contributed by atoms with E-state index < -0.39 is 28.5 Å². The van der Waals surface area contributed by atoms with Gasteiger partial charge in [0.25, 0.3) is 0 Å². The highest BCUT2D eigenvalue weighted by atomic mass is 79.9. The molecule has 0 aromatic heterocycles. The molecular formula is C23H29BrClN3O4S. The van der Waals surface area contributed by atoms with E-state index in [0.717, 1.165) is 16.1 Å². The number of rotatable bonds is 10. The number of carbonyl (C=O) groups excluding carboxylic acids is 2. The van der Waals surface area contributed by atoms with Gasteiger partial charge in [0.1, 0.15) is 12.6 Å². The van der Waals surface area contributed by atoms with Crippen molar-refractivity contribution in [2.45, 2.75) is 33.4 Å². The van der Waals surface area contributed by atoms with Crippen LogP contribution in [-0.4, -0.2) is 50.5 Å². The van der Waals surface area contributed by atoms with E-state index in [4.69, 9.17) is 11.6 Å².